The first-order valence-electron chi connectivity index (χ1n) is 17.3. The smallest absolute Gasteiger partial charge is 0.125 e. The lowest BCUT2D eigenvalue weighted by molar-refractivity contribution is 0.628. The number of hydrogen-bond donors (Lipinski definition) is 0. The molecule has 9 aromatic rings. The van der Waals surface area contributed by atoms with E-state index in [1.54, 1.807) is 12.1 Å². The Kier molecular flexibility index (Phi) is 8.03. The average Bonchev–Trinajstić information content (AvgIpc) is 3.21. The molecule has 0 spiro atoms. The number of rotatable bonds is 7. The second-order valence-corrected chi connectivity index (χ2v) is 12.8. The Balaban J connectivity index is 1.14. The fourth-order valence-corrected chi connectivity index (χ4v) is 6.93. The monoisotopic (exact) mass is 669 g/mol. The van der Waals surface area contributed by atoms with Crippen LogP contribution in [-0.4, -0.2) is 9.97 Å². The molecule has 0 N–H and O–H groups in total. The van der Waals surface area contributed by atoms with Gasteiger partial charge in [-0.05, 0) is 82.2 Å². The molecule has 0 saturated carbocycles. The highest BCUT2D eigenvalue weighted by Gasteiger charge is 2.17. The molecule has 0 aliphatic rings. The number of halogens is 1. The Labute approximate surface area is 302 Å². The zero-order chi connectivity index (χ0) is 34.9. The van der Waals surface area contributed by atoms with Crippen LogP contribution in [0.2, 0.25) is 0 Å². The van der Waals surface area contributed by atoms with E-state index in [1.165, 1.54) is 6.07 Å². The predicted octanol–water partition coefficient (Wildman–Crippen LogP) is 13.1. The van der Waals surface area contributed by atoms with E-state index in [2.05, 4.69) is 114 Å². The summed E-state index contributed by atoms with van der Waals surface area (Å²) in [5.41, 5.74) is 12.5. The second kappa shape index (κ2) is 13.4. The van der Waals surface area contributed by atoms with Gasteiger partial charge < -0.3 is 4.90 Å². The number of benzene rings is 8. The van der Waals surface area contributed by atoms with Gasteiger partial charge in [-0.3, -0.25) is 0 Å². The Morgan fingerprint density at radius 3 is 1.56 bits per heavy atom. The van der Waals surface area contributed by atoms with Crippen molar-refractivity contribution in [1.82, 2.24) is 9.97 Å². The summed E-state index contributed by atoms with van der Waals surface area (Å²) in [4.78, 5) is 12.6. The van der Waals surface area contributed by atoms with Gasteiger partial charge in [-0.1, -0.05) is 140 Å². The minimum atomic E-state index is -0.281. The van der Waals surface area contributed by atoms with E-state index in [1.807, 2.05) is 66.7 Å². The van der Waals surface area contributed by atoms with Crippen LogP contribution in [0.25, 0.3) is 66.6 Å². The topological polar surface area (TPSA) is 29.0 Å². The highest BCUT2D eigenvalue weighted by Crippen LogP contribution is 2.39. The van der Waals surface area contributed by atoms with E-state index in [0.717, 1.165) is 83.6 Å². The number of aromatic nitrogens is 2. The molecule has 0 radical (unpaired) electrons. The predicted molar refractivity (Wildman–Crippen MR) is 213 cm³/mol. The van der Waals surface area contributed by atoms with E-state index >= 15 is 0 Å². The first kappa shape index (κ1) is 31.1. The molecule has 246 valence electrons. The summed E-state index contributed by atoms with van der Waals surface area (Å²) in [6.45, 7) is 0. The lowest BCUT2D eigenvalue weighted by Crippen LogP contribution is -2.10. The highest BCUT2D eigenvalue weighted by atomic mass is 19.1. The number of nitrogens with zero attached hydrogens (tertiary/aromatic N) is 3. The summed E-state index contributed by atoms with van der Waals surface area (Å²) in [6.07, 6.45) is 0. The van der Waals surface area contributed by atoms with Crippen molar-refractivity contribution < 1.29 is 4.39 Å². The standard InChI is InChI=1S/C48H32FN3/c49-40-19-11-21-43(32-40)52(42-20-10-18-38(30-42)33-12-4-1-5-13-33)41-27-24-34(25-28-41)39-23-22-35-26-29-45-48(44(35)31-39)51-47(37-16-8-3-9-17-37)46(50-45)36-14-6-2-7-15-36/h1-32H. The third kappa shape index (κ3) is 5.97. The van der Waals surface area contributed by atoms with Crippen molar-refractivity contribution in [2.75, 3.05) is 4.90 Å². The van der Waals surface area contributed by atoms with Crippen molar-refractivity contribution in [3.05, 3.63) is 200 Å². The maximum atomic E-state index is 14.6. The normalized spacial score (nSPS) is 11.2. The van der Waals surface area contributed by atoms with Gasteiger partial charge in [0, 0.05) is 33.6 Å². The molecular weight excluding hydrogens is 638 g/mol. The molecule has 0 aliphatic heterocycles. The van der Waals surface area contributed by atoms with E-state index < -0.39 is 0 Å². The van der Waals surface area contributed by atoms with E-state index in [-0.39, 0.29) is 5.82 Å². The Bertz CT molecular complexity index is 2680. The second-order valence-electron chi connectivity index (χ2n) is 12.8. The quantitative estimate of drug-likeness (QED) is 0.158. The summed E-state index contributed by atoms with van der Waals surface area (Å²) in [5.74, 6) is -0.281. The largest absolute Gasteiger partial charge is 0.310 e. The van der Waals surface area contributed by atoms with Gasteiger partial charge in [-0.2, -0.15) is 0 Å². The zero-order valence-electron chi connectivity index (χ0n) is 28.2. The SMILES string of the molecule is Fc1cccc(N(c2ccc(-c3ccc4ccc5nc(-c6ccccc6)c(-c6ccccc6)nc5c4c3)cc2)c2cccc(-c3ccccc3)c2)c1. The third-order valence-electron chi connectivity index (χ3n) is 9.48. The Hall–Kier alpha value is -6.91. The van der Waals surface area contributed by atoms with Gasteiger partial charge >= 0.3 is 0 Å². The third-order valence-corrected chi connectivity index (χ3v) is 9.48. The summed E-state index contributed by atoms with van der Waals surface area (Å²) in [7, 11) is 0. The van der Waals surface area contributed by atoms with Gasteiger partial charge in [0.2, 0.25) is 0 Å². The van der Waals surface area contributed by atoms with Crippen LogP contribution in [0.3, 0.4) is 0 Å². The fourth-order valence-electron chi connectivity index (χ4n) is 6.93. The summed E-state index contributed by atoms with van der Waals surface area (Å²) < 4.78 is 14.6. The Morgan fingerprint density at radius 1 is 0.365 bits per heavy atom. The average molecular weight is 670 g/mol. The van der Waals surface area contributed by atoms with Gasteiger partial charge in [0.25, 0.3) is 0 Å². The number of hydrogen-bond acceptors (Lipinski definition) is 3. The van der Waals surface area contributed by atoms with Crippen LogP contribution >= 0.6 is 0 Å². The fraction of sp³-hybridized carbons (Fsp3) is 0. The zero-order valence-corrected chi connectivity index (χ0v) is 28.2. The van der Waals surface area contributed by atoms with E-state index in [0.29, 0.717) is 0 Å². The molecule has 3 nitrogen and oxygen atoms in total. The molecular formula is C48H32FN3. The Morgan fingerprint density at radius 2 is 0.885 bits per heavy atom. The van der Waals surface area contributed by atoms with E-state index in [9.17, 15) is 4.39 Å². The van der Waals surface area contributed by atoms with Gasteiger partial charge in [-0.15, -0.1) is 0 Å². The molecule has 9 rings (SSSR count). The van der Waals surface area contributed by atoms with Crippen molar-refractivity contribution >= 4 is 38.9 Å². The van der Waals surface area contributed by atoms with Crippen LogP contribution in [0.1, 0.15) is 0 Å². The van der Waals surface area contributed by atoms with Crippen LogP contribution in [-0.2, 0) is 0 Å². The van der Waals surface area contributed by atoms with Crippen LogP contribution in [0.5, 0.6) is 0 Å². The van der Waals surface area contributed by atoms with Crippen LogP contribution in [0, 0.1) is 5.82 Å². The summed E-state index contributed by atoms with van der Waals surface area (Å²) >= 11 is 0. The van der Waals surface area contributed by atoms with Gasteiger partial charge in [0.05, 0.1) is 22.4 Å². The molecule has 1 heterocycles. The van der Waals surface area contributed by atoms with Crippen molar-refractivity contribution in [1.29, 1.82) is 0 Å². The minimum Gasteiger partial charge on any atom is -0.310 e. The van der Waals surface area contributed by atoms with E-state index in [4.69, 9.17) is 9.97 Å². The lowest BCUT2D eigenvalue weighted by Gasteiger charge is -2.26. The van der Waals surface area contributed by atoms with Crippen molar-refractivity contribution in [2.45, 2.75) is 0 Å². The number of anilines is 3. The molecule has 52 heavy (non-hydrogen) atoms. The van der Waals surface area contributed by atoms with Crippen LogP contribution < -0.4 is 4.90 Å². The van der Waals surface area contributed by atoms with Crippen LogP contribution in [0.4, 0.5) is 21.5 Å². The first-order chi connectivity index (χ1) is 25.7. The maximum absolute atomic E-state index is 14.6. The summed E-state index contributed by atoms with van der Waals surface area (Å²) in [5, 5.41) is 2.15. The molecule has 0 saturated heterocycles. The first-order valence-corrected chi connectivity index (χ1v) is 17.3. The maximum Gasteiger partial charge on any atom is 0.125 e. The summed E-state index contributed by atoms with van der Waals surface area (Å²) in [6, 6.07) is 65.1. The highest BCUT2D eigenvalue weighted by molar-refractivity contribution is 6.07. The minimum absolute atomic E-state index is 0.281. The van der Waals surface area contributed by atoms with Crippen molar-refractivity contribution in [2.24, 2.45) is 0 Å². The lowest BCUT2D eigenvalue weighted by atomic mass is 9.98. The van der Waals surface area contributed by atoms with Crippen molar-refractivity contribution in [3.8, 4) is 44.8 Å². The molecule has 0 bridgehead atoms. The molecule has 0 aliphatic carbocycles. The molecule has 0 unspecified atom stereocenters. The van der Waals surface area contributed by atoms with Crippen molar-refractivity contribution in [3.63, 3.8) is 0 Å². The molecule has 4 heteroatoms. The molecule has 0 atom stereocenters. The molecule has 1 aromatic heterocycles. The van der Waals surface area contributed by atoms with Gasteiger partial charge in [-0.25, -0.2) is 14.4 Å². The van der Waals surface area contributed by atoms with Gasteiger partial charge in [0.15, 0.2) is 0 Å². The molecule has 0 fully saturated rings. The molecule has 8 aromatic carbocycles. The number of fused-ring (bicyclic) bond motifs is 3. The van der Waals surface area contributed by atoms with Crippen LogP contribution in [0.15, 0.2) is 194 Å². The van der Waals surface area contributed by atoms with Gasteiger partial charge in [0.1, 0.15) is 5.82 Å². The molecule has 0 amide bonds.